The Hall–Kier alpha value is -6.47. The lowest BCUT2D eigenvalue weighted by Gasteiger charge is -2.23. The molecule has 8 aromatic rings. The molecule has 2 N–H and O–H groups in total. The van der Waals surface area contributed by atoms with Gasteiger partial charge in [-0.15, -0.1) is 12.4 Å². The van der Waals surface area contributed by atoms with Crippen LogP contribution in [-0.4, -0.2) is 14.2 Å². The maximum absolute atomic E-state index is 14.0. The first kappa shape index (κ1) is 51.9. The number of benzene rings is 8. The number of hydrogen-bond donors (Lipinski definition) is 2. The van der Waals surface area contributed by atoms with Crippen molar-refractivity contribution in [2.75, 3.05) is 14.2 Å². The summed E-state index contributed by atoms with van der Waals surface area (Å²) in [6.07, 6.45) is -8.78. The van der Waals surface area contributed by atoms with Gasteiger partial charge in [0.05, 0.1) is 25.3 Å². The van der Waals surface area contributed by atoms with Gasteiger partial charge in [0.25, 0.3) is 0 Å². The number of rotatable bonds is 12. The Bertz CT molecular complexity index is 3010. The van der Waals surface area contributed by atoms with Crippen molar-refractivity contribution in [1.29, 1.82) is 0 Å². The molecular weight excluding hydrogens is 920 g/mol. The molecule has 2 unspecified atom stereocenters. The molecule has 13 heteroatoms. The molecule has 0 saturated carbocycles. The van der Waals surface area contributed by atoms with Crippen molar-refractivity contribution < 1.29 is 44.6 Å². The highest BCUT2D eigenvalue weighted by atomic mass is 35.5. The molecule has 69 heavy (non-hydrogen) atoms. The van der Waals surface area contributed by atoms with E-state index in [1.54, 1.807) is 19.2 Å². The summed E-state index contributed by atoms with van der Waals surface area (Å²) < 4.78 is 117. The number of fused-ring (bicyclic) bond motifs is 2. The fourth-order valence-electron chi connectivity index (χ4n) is 8.35. The first-order chi connectivity index (χ1) is 32.3. The molecule has 0 bridgehead atoms. The highest BCUT2D eigenvalue weighted by Gasteiger charge is 2.31. The van der Waals surface area contributed by atoms with E-state index in [-0.39, 0.29) is 48.2 Å². The Morgan fingerprint density at radius 3 is 1.39 bits per heavy atom. The largest absolute Gasteiger partial charge is 0.497 e. The summed E-state index contributed by atoms with van der Waals surface area (Å²) in [5.74, 6) is 0.482. The van der Waals surface area contributed by atoms with Crippen LogP contribution in [0, 0.1) is 11.6 Å². The molecule has 0 aliphatic carbocycles. The second kappa shape index (κ2) is 21.9. The SMILES string of the molecule is COc1cc(F)cc([C@@H](C)NC(C)c2cc(-c3ccc(C(F)(F)F)cc3)c3ccccc3c2)c1.COc1cccc([C@@H](C)NC(C)c2cc(-c3ccc(C(F)(F)F)cc3)c3ccc(F)cc3c2)c1.Cl. The monoisotopic (exact) mass is 970 g/mol. The van der Waals surface area contributed by atoms with Crippen LogP contribution in [0.25, 0.3) is 43.8 Å². The van der Waals surface area contributed by atoms with Crippen molar-refractivity contribution >= 4 is 34.0 Å². The lowest BCUT2D eigenvalue weighted by molar-refractivity contribution is -0.138. The van der Waals surface area contributed by atoms with Gasteiger partial charge in [0, 0.05) is 30.2 Å². The smallest absolute Gasteiger partial charge is 0.416 e. The Morgan fingerprint density at radius 1 is 0.406 bits per heavy atom. The Morgan fingerprint density at radius 2 is 0.870 bits per heavy atom. The first-order valence-corrected chi connectivity index (χ1v) is 21.9. The number of hydrogen-bond acceptors (Lipinski definition) is 4. The zero-order valence-electron chi connectivity index (χ0n) is 38.6. The normalized spacial score (nSPS) is 13.4. The van der Waals surface area contributed by atoms with Crippen LogP contribution in [0.1, 0.15) is 85.2 Å². The Labute approximate surface area is 402 Å². The number of alkyl halides is 6. The van der Waals surface area contributed by atoms with E-state index in [1.165, 1.54) is 55.6 Å². The van der Waals surface area contributed by atoms with Gasteiger partial charge in [-0.05, 0) is 179 Å². The van der Waals surface area contributed by atoms with Crippen molar-refractivity contribution in [3.63, 3.8) is 0 Å². The number of methoxy groups -OCH3 is 2. The molecule has 0 aliphatic rings. The third kappa shape index (κ3) is 12.6. The summed E-state index contributed by atoms with van der Waals surface area (Å²) in [6, 6.07) is 42.5. The molecule has 4 atom stereocenters. The van der Waals surface area contributed by atoms with E-state index in [9.17, 15) is 35.1 Å². The standard InChI is InChI=1S/2C28H25F4NO.ClH/c1-17(20-5-4-6-25(15-20)34-3)33-18(2)21-13-22-14-24(29)11-12-26(22)27(16-21)19-7-9-23(10-8-19)28(30,31)32;1-17(33-18(2)22-13-24(29)16-25(14-22)34-3)21-12-20-6-4-5-7-26(20)27(15-21)19-8-10-23(11-9-19)28(30,31)32;/h2*4-18,33H,1-3H3;1H/t17-,18?;17?,18-;/m11./s1. The van der Waals surface area contributed by atoms with E-state index >= 15 is 0 Å². The fourth-order valence-corrected chi connectivity index (χ4v) is 8.35. The fraction of sp³-hybridized carbons (Fsp3) is 0.214. The van der Waals surface area contributed by atoms with E-state index < -0.39 is 23.5 Å². The van der Waals surface area contributed by atoms with E-state index in [4.69, 9.17) is 9.47 Å². The zero-order chi connectivity index (χ0) is 48.9. The van der Waals surface area contributed by atoms with Crippen LogP contribution < -0.4 is 20.1 Å². The average molecular weight is 971 g/mol. The van der Waals surface area contributed by atoms with Gasteiger partial charge < -0.3 is 20.1 Å². The molecule has 0 aliphatic heterocycles. The van der Waals surface area contributed by atoms with Gasteiger partial charge in [0.1, 0.15) is 23.1 Å². The van der Waals surface area contributed by atoms with E-state index in [1.807, 2.05) is 94.4 Å². The molecule has 0 heterocycles. The topological polar surface area (TPSA) is 42.5 Å². The van der Waals surface area contributed by atoms with Crippen molar-refractivity contribution in [2.24, 2.45) is 0 Å². The molecule has 0 aromatic heterocycles. The van der Waals surface area contributed by atoms with Gasteiger partial charge in [-0.25, -0.2) is 8.78 Å². The average Bonchev–Trinajstić information content (AvgIpc) is 3.32. The quantitative estimate of drug-likeness (QED) is 0.120. The lowest BCUT2D eigenvalue weighted by Crippen LogP contribution is -2.22. The highest BCUT2D eigenvalue weighted by Crippen LogP contribution is 2.38. The van der Waals surface area contributed by atoms with E-state index in [0.29, 0.717) is 22.3 Å². The maximum Gasteiger partial charge on any atom is 0.416 e. The van der Waals surface area contributed by atoms with Crippen molar-refractivity contribution in [1.82, 2.24) is 10.6 Å². The summed E-state index contributed by atoms with van der Waals surface area (Å²) in [5, 5.41) is 10.5. The third-order valence-corrected chi connectivity index (χ3v) is 12.1. The Kier molecular flexibility index (Phi) is 16.5. The summed E-state index contributed by atoms with van der Waals surface area (Å²) >= 11 is 0. The molecule has 0 saturated heterocycles. The zero-order valence-corrected chi connectivity index (χ0v) is 39.4. The molecular formula is C56H51ClF8N2O2. The van der Waals surface area contributed by atoms with Gasteiger partial charge in [-0.2, -0.15) is 26.3 Å². The van der Waals surface area contributed by atoms with Crippen LogP contribution in [0.5, 0.6) is 11.5 Å². The molecule has 0 amide bonds. The third-order valence-electron chi connectivity index (χ3n) is 12.1. The minimum absolute atomic E-state index is 0. The number of ether oxygens (including phenoxy) is 2. The van der Waals surface area contributed by atoms with Gasteiger partial charge in [-0.1, -0.05) is 66.7 Å². The second-order valence-corrected chi connectivity index (χ2v) is 16.8. The predicted molar refractivity (Wildman–Crippen MR) is 262 cm³/mol. The number of nitrogens with one attached hydrogen (secondary N) is 2. The van der Waals surface area contributed by atoms with Gasteiger partial charge in [0.2, 0.25) is 0 Å². The van der Waals surface area contributed by atoms with Crippen LogP contribution in [-0.2, 0) is 12.4 Å². The van der Waals surface area contributed by atoms with Crippen LogP contribution in [0.2, 0.25) is 0 Å². The van der Waals surface area contributed by atoms with Gasteiger partial charge in [-0.3, -0.25) is 0 Å². The summed E-state index contributed by atoms with van der Waals surface area (Å²) in [7, 11) is 3.12. The van der Waals surface area contributed by atoms with E-state index in [0.717, 1.165) is 79.6 Å². The van der Waals surface area contributed by atoms with Crippen LogP contribution in [0.4, 0.5) is 35.1 Å². The highest BCUT2D eigenvalue weighted by molar-refractivity contribution is 5.98. The number of halogens is 9. The minimum atomic E-state index is -4.40. The molecule has 8 rings (SSSR count). The summed E-state index contributed by atoms with van der Waals surface area (Å²) in [5.41, 5.74) is 5.27. The molecule has 0 spiro atoms. The Balaban J connectivity index is 0.000000224. The van der Waals surface area contributed by atoms with Gasteiger partial charge >= 0.3 is 12.4 Å². The lowest BCUT2D eigenvalue weighted by atomic mass is 9.92. The van der Waals surface area contributed by atoms with Crippen LogP contribution in [0.3, 0.4) is 0 Å². The maximum atomic E-state index is 14.0. The minimum Gasteiger partial charge on any atom is -0.497 e. The summed E-state index contributed by atoms with van der Waals surface area (Å²) in [6.45, 7) is 8.01. The molecule has 360 valence electrons. The molecule has 0 radical (unpaired) electrons. The van der Waals surface area contributed by atoms with Crippen molar-refractivity contribution in [3.05, 3.63) is 203 Å². The van der Waals surface area contributed by atoms with Crippen LogP contribution >= 0.6 is 12.4 Å². The second-order valence-electron chi connectivity index (χ2n) is 16.8. The van der Waals surface area contributed by atoms with Crippen molar-refractivity contribution in [3.8, 4) is 33.8 Å². The first-order valence-electron chi connectivity index (χ1n) is 21.9. The van der Waals surface area contributed by atoms with Crippen molar-refractivity contribution in [2.45, 2.75) is 64.2 Å². The molecule has 4 nitrogen and oxygen atoms in total. The molecule has 0 fully saturated rings. The predicted octanol–water partition coefficient (Wildman–Crippen LogP) is 16.6. The summed E-state index contributed by atoms with van der Waals surface area (Å²) in [4.78, 5) is 0. The molecule has 8 aromatic carbocycles. The van der Waals surface area contributed by atoms with E-state index in [2.05, 4.69) is 16.7 Å². The van der Waals surface area contributed by atoms with Gasteiger partial charge in [0.15, 0.2) is 0 Å². The van der Waals surface area contributed by atoms with Crippen LogP contribution in [0.15, 0.2) is 158 Å².